The number of nitrogen functional groups attached to an aromatic ring is 1. The van der Waals surface area contributed by atoms with Crippen LogP contribution in [0.25, 0.3) is 0 Å². The Labute approximate surface area is 111 Å². The van der Waals surface area contributed by atoms with E-state index in [1.165, 1.54) is 37.9 Å². The lowest BCUT2D eigenvalue weighted by Gasteiger charge is -2.36. The van der Waals surface area contributed by atoms with Crippen molar-refractivity contribution in [3.8, 4) is 0 Å². The molecule has 0 spiro atoms. The molecule has 1 aromatic carbocycles. The maximum Gasteiger partial charge on any atom is 0.0316 e. The fraction of sp³-hybridized carbons (Fsp3) is 0.625. The lowest BCUT2D eigenvalue weighted by molar-refractivity contribution is 0.128. The van der Waals surface area contributed by atoms with Gasteiger partial charge in [0.25, 0.3) is 0 Å². The minimum Gasteiger partial charge on any atom is -0.399 e. The summed E-state index contributed by atoms with van der Waals surface area (Å²) in [6, 6.07) is 9.04. The number of aryl methyl sites for hydroxylation is 1. The molecule has 2 nitrogen and oxygen atoms in total. The zero-order valence-corrected chi connectivity index (χ0v) is 11.7. The lowest BCUT2D eigenvalue weighted by atomic mass is 9.93. The second-order valence-electron chi connectivity index (χ2n) is 5.86. The van der Waals surface area contributed by atoms with Crippen LogP contribution < -0.4 is 5.73 Å². The van der Waals surface area contributed by atoms with Crippen molar-refractivity contribution in [1.82, 2.24) is 4.90 Å². The fourth-order valence-electron chi connectivity index (χ4n) is 3.02. The van der Waals surface area contributed by atoms with E-state index in [1.54, 1.807) is 0 Å². The van der Waals surface area contributed by atoms with Gasteiger partial charge in [-0.2, -0.15) is 0 Å². The van der Waals surface area contributed by atoms with Crippen LogP contribution in [0, 0.1) is 5.92 Å². The van der Waals surface area contributed by atoms with E-state index in [2.05, 4.69) is 36.9 Å². The number of piperidine rings is 1. The SMILES string of the molecule is CC1CCN(CCCc2cccc(N)c2)C(C)C1. The Morgan fingerprint density at radius 3 is 2.89 bits per heavy atom. The summed E-state index contributed by atoms with van der Waals surface area (Å²) >= 11 is 0. The Hall–Kier alpha value is -1.02. The van der Waals surface area contributed by atoms with Crippen molar-refractivity contribution in [2.24, 2.45) is 5.92 Å². The molecule has 0 saturated carbocycles. The van der Waals surface area contributed by atoms with E-state index in [1.807, 2.05) is 6.07 Å². The first-order valence-corrected chi connectivity index (χ1v) is 7.23. The van der Waals surface area contributed by atoms with Crippen LogP contribution in [-0.2, 0) is 6.42 Å². The molecule has 2 atom stereocenters. The van der Waals surface area contributed by atoms with Crippen LogP contribution in [-0.4, -0.2) is 24.0 Å². The Bertz CT molecular complexity index is 375. The van der Waals surface area contributed by atoms with Gasteiger partial charge in [-0.25, -0.2) is 0 Å². The fourth-order valence-corrected chi connectivity index (χ4v) is 3.02. The topological polar surface area (TPSA) is 29.3 Å². The van der Waals surface area contributed by atoms with Crippen LogP contribution in [0.2, 0.25) is 0 Å². The number of nitrogens with zero attached hydrogens (tertiary/aromatic N) is 1. The summed E-state index contributed by atoms with van der Waals surface area (Å²) in [5, 5.41) is 0. The first kappa shape index (κ1) is 13.4. The third-order valence-corrected chi connectivity index (χ3v) is 4.14. The average Bonchev–Trinajstić information content (AvgIpc) is 2.32. The van der Waals surface area contributed by atoms with Crippen molar-refractivity contribution >= 4 is 5.69 Å². The Morgan fingerprint density at radius 2 is 2.17 bits per heavy atom. The molecule has 0 radical (unpaired) electrons. The molecule has 0 aliphatic carbocycles. The third kappa shape index (κ3) is 3.74. The summed E-state index contributed by atoms with van der Waals surface area (Å²) in [6.45, 7) is 7.25. The van der Waals surface area contributed by atoms with Crippen LogP contribution >= 0.6 is 0 Å². The van der Waals surface area contributed by atoms with Crippen molar-refractivity contribution in [1.29, 1.82) is 0 Å². The van der Waals surface area contributed by atoms with Gasteiger partial charge in [0.1, 0.15) is 0 Å². The van der Waals surface area contributed by atoms with Gasteiger partial charge < -0.3 is 10.6 Å². The van der Waals surface area contributed by atoms with Gasteiger partial charge in [-0.3, -0.25) is 0 Å². The van der Waals surface area contributed by atoms with Crippen LogP contribution in [0.3, 0.4) is 0 Å². The van der Waals surface area contributed by atoms with Crippen LogP contribution in [0.5, 0.6) is 0 Å². The summed E-state index contributed by atoms with van der Waals surface area (Å²) < 4.78 is 0. The predicted octanol–water partition coefficient (Wildman–Crippen LogP) is 3.32. The molecule has 2 N–H and O–H groups in total. The summed E-state index contributed by atoms with van der Waals surface area (Å²) in [5.74, 6) is 0.908. The van der Waals surface area contributed by atoms with E-state index >= 15 is 0 Å². The lowest BCUT2D eigenvalue weighted by Crippen LogP contribution is -2.40. The monoisotopic (exact) mass is 246 g/mol. The minimum absolute atomic E-state index is 0.759. The van der Waals surface area contributed by atoms with Gasteiger partial charge in [0, 0.05) is 11.7 Å². The van der Waals surface area contributed by atoms with Crippen molar-refractivity contribution < 1.29 is 0 Å². The minimum atomic E-state index is 0.759. The van der Waals surface area contributed by atoms with E-state index in [4.69, 9.17) is 5.73 Å². The Balaban J connectivity index is 1.75. The quantitative estimate of drug-likeness (QED) is 0.826. The summed E-state index contributed by atoms with van der Waals surface area (Å²) in [5.41, 5.74) is 8.05. The van der Waals surface area contributed by atoms with Gasteiger partial charge >= 0.3 is 0 Å². The summed E-state index contributed by atoms with van der Waals surface area (Å²) in [6.07, 6.45) is 5.10. The van der Waals surface area contributed by atoms with Gasteiger partial charge in [0.15, 0.2) is 0 Å². The zero-order valence-electron chi connectivity index (χ0n) is 11.7. The number of hydrogen-bond donors (Lipinski definition) is 1. The number of benzene rings is 1. The van der Waals surface area contributed by atoms with Gasteiger partial charge in [-0.05, 0) is 69.3 Å². The summed E-state index contributed by atoms with van der Waals surface area (Å²) in [7, 11) is 0. The zero-order chi connectivity index (χ0) is 13.0. The molecule has 1 aliphatic heterocycles. The van der Waals surface area contributed by atoms with E-state index < -0.39 is 0 Å². The molecule has 0 amide bonds. The molecular weight excluding hydrogens is 220 g/mol. The van der Waals surface area contributed by atoms with Crippen LogP contribution in [0.4, 0.5) is 5.69 Å². The highest BCUT2D eigenvalue weighted by molar-refractivity contribution is 5.40. The standard InChI is InChI=1S/C16H26N2/c1-13-8-10-18(14(2)11-13)9-4-6-15-5-3-7-16(17)12-15/h3,5,7,12-14H,4,6,8-11,17H2,1-2H3. The molecule has 1 heterocycles. The second kappa shape index (κ2) is 6.24. The van der Waals surface area contributed by atoms with Crippen LogP contribution in [0.15, 0.2) is 24.3 Å². The predicted molar refractivity (Wildman–Crippen MR) is 78.6 cm³/mol. The van der Waals surface area contributed by atoms with Crippen molar-refractivity contribution in [3.63, 3.8) is 0 Å². The van der Waals surface area contributed by atoms with E-state index in [9.17, 15) is 0 Å². The van der Waals surface area contributed by atoms with Crippen molar-refractivity contribution in [2.45, 2.75) is 45.6 Å². The molecule has 100 valence electrons. The number of likely N-dealkylation sites (tertiary alicyclic amines) is 1. The highest BCUT2D eigenvalue weighted by Crippen LogP contribution is 2.22. The second-order valence-corrected chi connectivity index (χ2v) is 5.86. The third-order valence-electron chi connectivity index (χ3n) is 4.14. The van der Waals surface area contributed by atoms with Gasteiger partial charge in [-0.15, -0.1) is 0 Å². The highest BCUT2D eigenvalue weighted by Gasteiger charge is 2.21. The number of hydrogen-bond acceptors (Lipinski definition) is 2. The molecular formula is C16H26N2. The van der Waals surface area contributed by atoms with Gasteiger partial charge in [0.05, 0.1) is 0 Å². The Morgan fingerprint density at radius 1 is 1.33 bits per heavy atom. The largest absolute Gasteiger partial charge is 0.399 e. The Kier molecular flexibility index (Phi) is 4.65. The molecule has 1 saturated heterocycles. The molecule has 1 aliphatic rings. The molecule has 2 unspecified atom stereocenters. The molecule has 2 rings (SSSR count). The van der Waals surface area contributed by atoms with E-state index in [0.29, 0.717) is 0 Å². The number of anilines is 1. The van der Waals surface area contributed by atoms with Crippen molar-refractivity contribution in [2.75, 3.05) is 18.8 Å². The van der Waals surface area contributed by atoms with E-state index in [-0.39, 0.29) is 0 Å². The molecule has 0 bridgehead atoms. The molecule has 1 fully saturated rings. The number of nitrogens with two attached hydrogens (primary N) is 1. The van der Waals surface area contributed by atoms with Crippen molar-refractivity contribution in [3.05, 3.63) is 29.8 Å². The summed E-state index contributed by atoms with van der Waals surface area (Å²) in [4.78, 5) is 2.65. The molecule has 1 aromatic rings. The molecule has 18 heavy (non-hydrogen) atoms. The molecule has 2 heteroatoms. The molecule has 0 aromatic heterocycles. The number of rotatable bonds is 4. The first-order chi connectivity index (χ1) is 8.65. The van der Waals surface area contributed by atoms with Crippen LogP contribution in [0.1, 0.15) is 38.7 Å². The maximum atomic E-state index is 5.80. The smallest absolute Gasteiger partial charge is 0.0316 e. The normalized spacial score (nSPS) is 25.2. The maximum absolute atomic E-state index is 5.80. The van der Waals surface area contributed by atoms with Gasteiger partial charge in [-0.1, -0.05) is 19.1 Å². The van der Waals surface area contributed by atoms with Gasteiger partial charge in [0.2, 0.25) is 0 Å². The highest BCUT2D eigenvalue weighted by atomic mass is 15.2. The average molecular weight is 246 g/mol. The first-order valence-electron chi connectivity index (χ1n) is 7.23. The van der Waals surface area contributed by atoms with E-state index in [0.717, 1.165) is 24.1 Å².